The number of fused-ring (bicyclic) bond motifs is 1. The summed E-state index contributed by atoms with van der Waals surface area (Å²) in [5.41, 5.74) is 0.815. The number of hydrogen-bond acceptors (Lipinski definition) is 5. The van der Waals surface area contributed by atoms with Crippen molar-refractivity contribution in [2.45, 2.75) is 0 Å². The van der Waals surface area contributed by atoms with Gasteiger partial charge in [-0.05, 0) is 12.1 Å². The van der Waals surface area contributed by atoms with Crippen molar-refractivity contribution in [1.82, 2.24) is 9.97 Å². The van der Waals surface area contributed by atoms with Crippen LogP contribution in [0, 0.1) is 0 Å². The molecule has 1 aromatic carbocycles. The van der Waals surface area contributed by atoms with Gasteiger partial charge in [-0.15, -0.1) is 0 Å². The molecule has 5 nitrogen and oxygen atoms in total. The minimum absolute atomic E-state index is 0.0711. The molecule has 84 valence electrons. The maximum absolute atomic E-state index is 8.76. The zero-order chi connectivity index (χ0) is 11.4. The quantitative estimate of drug-likeness (QED) is 0.804. The average molecular weight is 219 g/mol. The van der Waals surface area contributed by atoms with Gasteiger partial charge in [-0.1, -0.05) is 0 Å². The maximum Gasteiger partial charge on any atom is 0.137 e. The molecule has 0 saturated heterocycles. The predicted molar refractivity (Wildman–Crippen MR) is 61.7 cm³/mol. The fourth-order valence-electron chi connectivity index (χ4n) is 1.48. The number of anilines is 1. The second kappa shape index (κ2) is 4.76. The van der Waals surface area contributed by atoms with Gasteiger partial charge >= 0.3 is 0 Å². The van der Waals surface area contributed by atoms with Crippen molar-refractivity contribution in [3.63, 3.8) is 0 Å². The highest BCUT2D eigenvalue weighted by Gasteiger charge is 2.03. The number of benzene rings is 1. The van der Waals surface area contributed by atoms with Crippen molar-refractivity contribution in [2.24, 2.45) is 0 Å². The van der Waals surface area contributed by atoms with Crippen LogP contribution in [0.25, 0.3) is 10.9 Å². The lowest BCUT2D eigenvalue weighted by Gasteiger charge is -2.07. The topological polar surface area (TPSA) is 67.3 Å². The molecule has 0 amide bonds. The second-order valence-electron chi connectivity index (χ2n) is 3.26. The molecule has 1 aromatic heterocycles. The van der Waals surface area contributed by atoms with Crippen molar-refractivity contribution in [3.05, 3.63) is 24.5 Å². The lowest BCUT2D eigenvalue weighted by Crippen LogP contribution is -2.07. The first-order valence-electron chi connectivity index (χ1n) is 4.98. The minimum atomic E-state index is 0.0711. The average Bonchev–Trinajstić information content (AvgIpc) is 2.35. The van der Waals surface area contributed by atoms with Gasteiger partial charge in [-0.2, -0.15) is 0 Å². The summed E-state index contributed by atoms with van der Waals surface area (Å²) in [7, 11) is 1.62. The second-order valence-corrected chi connectivity index (χ2v) is 3.26. The van der Waals surface area contributed by atoms with Gasteiger partial charge in [0.25, 0.3) is 0 Å². The third-order valence-electron chi connectivity index (χ3n) is 2.25. The molecule has 0 spiro atoms. The van der Waals surface area contributed by atoms with E-state index >= 15 is 0 Å². The Balaban J connectivity index is 2.43. The highest BCUT2D eigenvalue weighted by Crippen LogP contribution is 2.23. The Labute approximate surface area is 93.1 Å². The van der Waals surface area contributed by atoms with E-state index < -0.39 is 0 Å². The van der Waals surface area contributed by atoms with Crippen LogP contribution in [0.4, 0.5) is 5.82 Å². The number of ether oxygens (including phenoxy) is 1. The molecule has 5 heteroatoms. The Morgan fingerprint density at radius 2 is 2.25 bits per heavy atom. The van der Waals surface area contributed by atoms with Crippen LogP contribution in [0.1, 0.15) is 0 Å². The molecule has 2 aromatic rings. The summed E-state index contributed by atoms with van der Waals surface area (Å²) in [6.45, 7) is 0.541. The first kappa shape index (κ1) is 10.6. The van der Waals surface area contributed by atoms with E-state index in [1.807, 2.05) is 18.2 Å². The molecule has 2 rings (SSSR count). The fourth-order valence-corrected chi connectivity index (χ4v) is 1.48. The van der Waals surface area contributed by atoms with Gasteiger partial charge < -0.3 is 15.2 Å². The van der Waals surface area contributed by atoms with Gasteiger partial charge in [0.15, 0.2) is 0 Å². The van der Waals surface area contributed by atoms with Crippen LogP contribution < -0.4 is 10.1 Å². The van der Waals surface area contributed by atoms with Gasteiger partial charge in [0.1, 0.15) is 17.9 Å². The van der Waals surface area contributed by atoms with Gasteiger partial charge in [0, 0.05) is 18.0 Å². The number of aliphatic hydroxyl groups is 1. The van der Waals surface area contributed by atoms with E-state index in [2.05, 4.69) is 15.3 Å². The number of methoxy groups -OCH3 is 1. The third kappa shape index (κ3) is 2.04. The molecule has 1 heterocycles. The highest BCUT2D eigenvalue weighted by atomic mass is 16.5. The van der Waals surface area contributed by atoms with Crippen LogP contribution in [0.5, 0.6) is 5.75 Å². The Morgan fingerprint density at radius 1 is 1.38 bits per heavy atom. The van der Waals surface area contributed by atoms with Crippen LogP contribution in [-0.4, -0.2) is 35.3 Å². The number of hydrogen-bond donors (Lipinski definition) is 2. The number of nitrogens with zero attached hydrogens (tertiary/aromatic N) is 2. The summed E-state index contributed by atoms with van der Waals surface area (Å²) in [6.07, 6.45) is 1.49. The van der Waals surface area contributed by atoms with E-state index in [4.69, 9.17) is 9.84 Å². The fraction of sp³-hybridized carbons (Fsp3) is 0.273. The van der Waals surface area contributed by atoms with Crippen molar-refractivity contribution in [1.29, 1.82) is 0 Å². The Hall–Kier alpha value is -1.88. The van der Waals surface area contributed by atoms with Crippen LogP contribution >= 0.6 is 0 Å². The first-order chi connectivity index (χ1) is 7.85. The largest absolute Gasteiger partial charge is 0.497 e. The first-order valence-corrected chi connectivity index (χ1v) is 4.98. The molecule has 0 aliphatic rings. The summed E-state index contributed by atoms with van der Waals surface area (Å²) >= 11 is 0. The number of nitrogens with one attached hydrogen (secondary N) is 1. The molecule has 16 heavy (non-hydrogen) atoms. The van der Waals surface area contributed by atoms with E-state index in [1.54, 1.807) is 7.11 Å². The number of aromatic nitrogens is 2. The van der Waals surface area contributed by atoms with E-state index in [-0.39, 0.29) is 6.61 Å². The van der Waals surface area contributed by atoms with E-state index in [1.165, 1.54) is 6.33 Å². The van der Waals surface area contributed by atoms with Crippen LogP contribution in [0.3, 0.4) is 0 Å². The van der Waals surface area contributed by atoms with Gasteiger partial charge in [-0.3, -0.25) is 0 Å². The van der Waals surface area contributed by atoms with Crippen molar-refractivity contribution in [2.75, 3.05) is 25.6 Å². The zero-order valence-electron chi connectivity index (χ0n) is 8.97. The summed E-state index contributed by atoms with van der Waals surface area (Å²) in [5.74, 6) is 1.49. The molecule has 0 bridgehead atoms. The SMILES string of the molecule is COc1ccc2c(NCCO)ncnc2c1. The summed E-state index contributed by atoms with van der Waals surface area (Å²) in [4.78, 5) is 8.29. The van der Waals surface area contributed by atoms with Gasteiger partial charge in [0.05, 0.1) is 19.2 Å². The number of aliphatic hydroxyl groups excluding tert-OH is 1. The predicted octanol–water partition coefficient (Wildman–Crippen LogP) is 1.04. The van der Waals surface area contributed by atoms with E-state index in [0.717, 1.165) is 22.5 Å². The van der Waals surface area contributed by atoms with Crippen LogP contribution in [0.15, 0.2) is 24.5 Å². The minimum Gasteiger partial charge on any atom is -0.497 e. The summed E-state index contributed by atoms with van der Waals surface area (Å²) < 4.78 is 5.12. The lowest BCUT2D eigenvalue weighted by molar-refractivity contribution is 0.311. The molecule has 0 unspecified atom stereocenters. The normalized spacial score (nSPS) is 10.4. The maximum atomic E-state index is 8.76. The molecular formula is C11H13N3O2. The van der Waals surface area contributed by atoms with E-state index in [0.29, 0.717) is 6.54 Å². The number of rotatable bonds is 4. The molecule has 0 aliphatic carbocycles. The third-order valence-corrected chi connectivity index (χ3v) is 2.25. The van der Waals surface area contributed by atoms with Crippen LogP contribution in [-0.2, 0) is 0 Å². The zero-order valence-corrected chi connectivity index (χ0v) is 8.97. The molecule has 0 saturated carbocycles. The van der Waals surface area contributed by atoms with Crippen molar-refractivity contribution < 1.29 is 9.84 Å². The highest BCUT2D eigenvalue weighted by molar-refractivity contribution is 5.89. The molecule has 0 atom stereocenters. The summed E-state index contributed by atoms with van der Waals surface area (Å²) in [6, 6.07) is 5.60. The van der Waals surface area contributed by atoms with Gasteiger partial charge in [-0.25, -0.2) is 9.97 Å². The van der Waals surface area contributed by atoms with Crippen molar-refractivity contribution >= 4 is 16.7 Å². The van der Waals surface area contributed by atoms with Crippen molar-refractivity contribution in [3.8, 4) is 5.75 Å². The monoisotopic (exact) mass is 219 g/mol. The molecular weight excluding hydrogens is 206 g/mol. The standard InChI is InChI=1S/C11H13N3O2/c1-16-8-2-3-9-10(6-8)13-7-14-11(9)12-4-5-15/h2-3,6-7,15H,4-5H2,1H3,(H,12,13,14). The van der Waals surface area contributed by atoms with Gasteiger partial charge in [0.2, 0.25) is 0 Å². The summed E-state index contributed by atoms with van der Waals surface area (Å²) in [5, 5.41) is 12.7. The molecule has 2 N–H and O–H groups in total. The molecule has 0 aliphatic heterocycles. The Morgan fingerprint density at radius 3 is 3.00 bits per heavy atom. The molecule has 0 radical (unpaired) electrons. The van der Waals surface area contributed by atoms with E-state index in [9.17, 15) is 0 Å². The smallest absolute Gasteiger partial charge is 0.137 e. The molecule has 0 fully saturated rings. The Bertz CT molecular complexity index is 488. The lowest BCUT2D eigenvalue weighted by atomic mass is 10.2. The van der Waals surface area contributed by atoms with Crippen LogP contribution in [0.2, 0.25) is 0 Å². The Kier molecular flexibility index (Phi) is 3.16.